The largest absolute Gasteiger partial charge is 0.496 e. The maximum absolute atomic E-state index is 6.25. The molecule has 0 saturated heterocycles. The van der Waals surface area contributed by atoms with Gasteiger partial charge in [-0.2, -0.15) is 0 Å². The summed E-state index contributed by atoms with van der Waals surface area (Å²) in [6, 6.07) is 8.21. The van der Waals surface area contributed by atoms with Crippen molar-refractivity contribution in [1.29, 1.82) is 0 Å². The van der Waals surface area contributed by atoms with Crippen LogP contribution in [0.25, 0.3) is 0 Å². The number of rotatable bonds is 6. The lowest BCUT2D eigenvalue weighted by atomic mass is 9.89. The molecule has 0 aliphatic heterocycles. The molecule has 3 rings (SSSR count). The molecule has 1 atom stereocenters. The monoisotopic (exact) mass is 431 g/mol. The first-order valence-electron chi connectivity index (χ1n) is 9.24. The number of benzene rings is 1. The quantitative estimate of drug-likeness (QED) is 0.490. The first-order valence-corrected chi connectivity index (χ1v) is 10.0. The summed E-state index contributed by atoms with van der Waals surface area (Å²) in [5.74, 6) is 1.56. The molecule has 1 unspecified atom stereocenters. The van der Waals surface area contributed by atoms with E-state index in [0.717, 1.165) is 47.4 Å². The number of ether oxygens (including phenoxy) is 2. The highest BCUT2D eigenvalue weighted by atomic mass is 79.9. The van der Waals surface area contributed by atoms with E-state index in [0.29, 0.717) is 5.88 Å². The summed E-state index contributed by atoms with van der Waals surface area (Å²) in [6.07, 6.45) is 4.68. The lowest BCUT2D eigenvalue weighted by molar-refractivity contribution is 0.174. The smallest absolute Gasteiger partial charge is 0.228 e. The Hall–Kier alpha value is -2.08. The molecule has 0 N–H and O–H groups in total. The van der Waals surface area contributed by atoms with Crippen molar-refractivity contribution in [1.82, 2.24) is 9.88 Å². The normalized spacial score (nSPS) is 16.3. The molecule has 0 spiro atoms. The second-order valence-corrected chi connectivity index (χ2v) is 7.63. The van der Waals surface area contributed by atoms with Crippen molar-refractivity contribution >= 4 is 28.0 Å². The zero-order chi connectivity index (χ0) is 19.4. The second-order valence-electron chi connectivity index (χ2n) is 6.78. The minimum Gasteiger partial charge on any atom is -0.496 e. The van der Waals surface area contributed by atoms with Gasteiger partial charge in [-0.05, 0) is 60.3 Å². The molecule has 1 aliphatic rings. The Labute approximate surface area is 169 Å². The van der Waals surface area contributed by atoms with E-state index in [1.54, 1.807) is 7.11 Å². The van der Waals surface area contributed by atoms with Gasteiger partial charge in [0.25, 0.3) is 0 Å². The van der Waals surface area contributed by atoms with E-state index in [-0.39, 0.29) is 6.10 Å². The van der Waals surface area contributed by atoms with Crippen molar-refractivity contribution in [2.75, 3.05) is 20.7 Å². The maximum atomic E-state index is 6.25. The van der Waals surface area contributed by atoms with Crippen molar-refractivity contribution in [3.8, 4) is 11.6 Å². The second kappa shape index (κ2) is 8.74. The zero-order valence-corrected chi connectivity index (χ0v) is 17.9. The maximum Gasteiger partial charge on any atom is 0.228 e. The zero-order valence-electron chi connectivity index (χ0n) is 16.3. The number of halogens is 1. The molecule has 27 heavy (non-hydrogen) atoms. The van der Waals surface area contributed by atoms with E-state index in [4.69, 9.17) is 9.47 Å². The molecule has 0 amide bonds. The summed E-state index contributed by atoms with van der Waals surface area (Å²) in [7, 11) is 3.71. The summed E-state index contributed by atoms with van der Waals surface area (Å²) in [5.41, 5.74) is 4.28. The fourth-order valence-electron chi connectivity index (χ4n) is 3.18. The van der Waals surface area contributed by atoms with Crippen LogP contribution in [0, 0.1) is 6.92 Å². The third-order valence-electron chi connectivity index (χ3n) is 4.90. The number of methoxy groups -OCH3 is 1. The van der Waals surface area contributed by atoms with Crippen LogP contribution in [0.2, 0.25) is 0 Å². The Balaban J connectivity index is 1.76. The van der Waals surface area contributed by atoms with Gasteiger partial charge in [0.15, 0.2) is 0 Å². The van der Waals surface area contributed by atoms with Crippen LogP contribution >= 0.6 is 15.9 Å². The van der Waals surface area contributed by atoms with Crippen LogP contribution in [0.5, 0.6) is 11.6 Å². The number of pyridine rings is 1. The molecule has 144 valence electrons. The van der Waals surface area contributed by atoms with Gasteiger partial charge in [0.2, 0.25) is 5.88 Å². The summed E-state index contributed by atoms with van der Waals surface area (Å²) in [5, 5.41) is 0. The van der Waals surface area contributed by atoms with E-state index in [1.165, 1.54) is 11.1 Å². The third kappa shape index (κ3) is 4.61. The molecule has 0 radical (unpaired) electrons. The van der Waals surface area contributed by atoms with Crippen molar-refractivity contribution in [2.24, 2.45) is 4.99 Å². The number of hydrogen-bond donors (Lipinski definition) is 0. The Morgan fingerprint density at radius 1 is 1.41 bits per heavy atom. The van der Waals surface area contributed by atoms with Crippen molar-refractivity contribution in [3.63, 3.8) is 0 Å². The highest BCUT2D eigenvalue weighted by molar-refractivity contribution is 9.10. The Bertz CT molecular complexity index is 824. The first-order chi connectivity index (χ1) is 13.0. The molecule has 0 bridgehead atoms. The van der Waals surface area contributed by atoms with Gasteiger partial charge in [-0.3, -0.25) is 0 Å². The SMILES string of the molecule is CCN(C)C=Nc1cc(Br)c(OC2CCc3cccc(OC)c3C2)nc1C. The van der Waals surface area contributed by atoms with Gasteiger partial charge in [0.05, 0.1) is 29.3 Å². The minimum atomic E-state index is 0.0811. The van der Waals surface area contributed by atoms with Crippen molar-refractivity contribution < 1.29 is 9.47 Å². The Kier molecular flexibility index (Phi) is 6.37. The molecule has 1 aromatic carbocycles. The van der Waals surface area contributed by atoms with Crippen LogP contribution in [0.1, 0.15) is 30.2 Å². The molecular weight excluding hydrogens is 406 g/mol. The van der Waals surface area contributed by atoms with Gasteiger partial charge in [0, 0.05) is 25.6 Å². The number of aromatic nitrogens is 1. The summed E-state index contributed by atoms with van der Waals surface area (Å²) < 4.78 is 12.6. The average molecular weight is 432 g/mol. The van der Waals surface area contributed by atoms with Crippen LogP contribution in [0.3, 0.4) is 0 Å². The van der Waals surface area contributed by atoms with Crippen LogP contribution < -0.4 is 9.47 Å². The lowest BCUT2D eigenvalue weighted by Crippen LogP contribution is -2.26. The number of aliphatic imine (C=N–C) groups is 1. The Morgan fingerprint density at radius 2 is 2.22 bits per heavy atom. The number of hydrogen-bond acceptors (Lipinski definition) is 4. The molecule has 6 heteroatoms. The lowest BCUT2D eigenvalue weighted by Gasteiger charge is -2.27. The fourth-order valence-corrected chi connectivity index (χ4v) is 3.58. The van der Waals surface area contributed by atoms with E-state index < -0.39 is 0 Å². The van der Waals surface area contributed by atoms with E-state index in [2.05, 4.69) is 45.0 Å². The van der Waals surface area contributed by atoms with Gasteiger partial charge in [-0.25, -0.2) is 9.98 Å². The van der Waals surface area contributed by atoms with Crippen LogP contribution in [-0.2, 0) is 12.8 Å². The van der Waals surface area contributed by atoms with Crippen LogP contribution in [-0.4, -0.2) is 43.0 Å². The van der Waals surface area contributed by atoms with Gasteiger partial charge in [0.1, 0.15) is 11.9 Å². The number of aryl methyl sites for hydroxylation is 2. The standard InChI is InChI=1S/C21H26BrN3O2/c1-5-25(3)13-23-19-12-18(22)21(24-14(19)2)27-16-10-9-15-7-6-8-20(26-4)17(15)11-16/h6-8,12-13,16H,5,9-11H2,1-4H3. The molecule has 0 saturated carbocycles. The minimum absolute atomic E-state index is 0.0811. The molecule has 1 aromatic heterocycles. The van der Waals surface area contributed by atoms with Gasteiger partial charge in [-0.1, -0.05) is 12.1 Å². The molecule has 0 fully saturated rings. The molecule has 1 aliphatic carbocycles. The van der Waals surface area contributed by atoms with Gasteiger partial charge >= 0.3 is 0 Å². The summed E-state index contributed by atoms with van der Waals surface area (Å²) in [4.78, 5) is 11.2. The molecule has 1 heterocycles. The summed E-state index contributed by atoms with van der Waals surface area (Å²) in [6.45, 7) is 4.95. The molecule has 5 nitrogen and oxygen atoms in total. The molecular formula is C21H26BrN3O2. The number of fused-ring (bicyclic) bond motifs is 1. The molecule has 2 aromatic rings. The number of nitrogens with zero attached hydrogens (tertiary/aromatic N) is 3. The Morgan fingerprint density at radius 3 is 2.96 bits per heavy atom. The third-order valence-corrected chi connectivity index (χ3v) is 5.46. The van der Waals surface area contributed by atoms with E-state index in [9.17, 15) is 0 Å². The van der Waals surface area contributed by atoms with E-state index >= 15 is 0 Å². The predicted molar refractivity (Wildman–Crippen MR) is 113 cm³/mol. The van der Waals surface area contributed by atoms with E-state index in [1.807, 2.05) is 37.3 Å². The fraction of sp³-hybridized carbons (Fsp3) is 0.429. The van der Waals surface area contributed by atoms with Crippen LogP contribution in [0.15, 0.2) is 33.7 Å². The average Bonchev–Trinajstić information content (AvgIpc) is 2.68. The topological polar surface area (TPSA) is 47.0 Å². The predicted octanol–water partition coefficient (Wildman–Crippen LogP) is 4.71. The first kappa shape index (κ1) is 19.7. The van der Waals surface area contributed by atoms with Crippen LogP contribution in [0.4, 0.5) is 5.69 Å². The highest BCUT2D eigenvalue weighted by Crippen LogP contribution is 2.34. The van der Waals surface area contributed by atoms with Gasteiger partial charge in [-0.15, -0.1) is 0 Å². The highest BCUT2D eigenvalue weighted by Gasteiger charge is 2.24. The van der Waals surface area contributed by atoms with Crippen molar-refractivity contribution in [3.05, 3.63) is 45.6 Å². The summed E-state index contributed by atoms with van der Waals surface area (Å²) >= 11 is 3.59. The van der Waals surface area contributed by atoms with Crippen molar-refractivity contribution in [2.45, 2.75) is 39.2 Å². The van der Waals surface area contributed by atoms with Gasteiger partial charge < -0.3 is 14.4 Å².